The molecule has 0 aliphatic rings. The van der Waals surface area contributed by atoms with Crippen molar-refractivity contribution in [2.24, 2.45) is 10.2 Å². The lowest BCUT2D eigenvalue weighted by atomic mass is 10.6. The second-order valence-electron chi connectivity index (χ2n) is 2.55. The fourth-order valence-electron chi connectivity index (χ4n) is 0.798. The average molecular weight is 200 g/mol. The Hall–Kier alpha value is -1.14. The van der Waals surface area contributed by atoms with Crippen LogP contribution in [0.3, 0.4) is 0 Å². The van der Waals surface area contributed by atoms with Crippen LogP contribution in [0.15, 0.2) is 10.2 Å². The molecule has 0 aromatic carbocycles. The number of nitrogens with zero attached hydrogens (tertiary/aromatic N) is 3. The number of hydrogen-bond donors (Lipinski definition) is 3. The van der Waals surface area contributed by atoms with Crippen LogP contribution >= 0.6 is 0 Å². The Morgan fingerprint density at radius 3 is 2.64 bits per heavy atom. The summed E-state index contributed by atoms with van der Waals surface area (Å²) in [5.41, 5.74) is 5.25. The van der Waals surface area contributed by atoms with Crippen molar-refractivity contribution in [1.29, 1.82) is 0 Å². The van der Waals surface area contributed by atoms with E-state index < -0.39 is 0 Å². The van der Waals surface area contributed by atoms with Crippen LogP contribution in [0.2, 0.25) is 0 Å². The summed E-state index contributed by atoms with van der Waals surface area (Å²) >= 11 is 0. The van der Waals surface area contributed by atoms with Crippen molar-refractivity contribution in [2.45, 2.75) is 6.92 Å². The molecule has 0 heterocycles. The number of rotatable bonds is 8. The molecule has 0 radical (unpaired) electrons. The summed E-state index contributed by atoms with van der Waals surface area (Å²) in [6, 6.07) is 0. The number of hydrogen-bond acceptors (Lipinski definition) is 6. The number of hydrazone groups is 2. The first-order valence-corrected chi connectivity index (χ1v) is 4.72. The predicted octanol–water partition coefficient (Wildman–Crippen LogP) is -0.777. The first kappa shape index (κ1) is 12.9. The van der Waals surface area contributed by atoms with Gasteiger partial charge in [-0.1, -0.05) is 0 Å². The van der Waals surface area contributed by atoms with Gasteiger partial charge in [-0.25, -0.2) is 11.0 Å². The minimum absolute atomic E-state index is 0.894. The predicted molar refractivity (Wildman–Crippen MR) is 60.4 cm³/mol. The summed E-state index contributed by atoms with van der Waals surface area (Å²) in [6.45, 7) is 4.79. The monoisotopic (exact) mass is 200 g/mol. The van der Waals surface area contributed by atoms with E-state index in [4.69, 9.17) is 0 Å². The van der Waals surface area contributed by atoms with Gasteiger partial charge in [0, 0.05) is 26.7 Å². The van der Waals surface area contributed by atoms with Crippen molar-refractivity contribution in [2.75, 3.05) is 33.7 Å². The van der Waals surface area contributed by atoms with Crippen LogP contribution in [-0.4, -0.2) is 51.2 Å². The Morgan fingerprint density at radius 2 is 2.07 bits per heavy atom. The van der Waals surface area contributed by atoms with E-state index in [0.717, 1.165) is 19.6 Å². The van der Waals surface area contributed by atoms with Crippen LogP contribution in [0.5, 0.6) is 0 Å². The van der Waals surface area contributed by atoms with Gasteiger partial charge in [-0.05, 0) is 14.0 Å². The normalized spacial score (nSPS) is 11.4. The third-order valence-corrected chi connectivity index (χ3v) is 1.53. The number of hydrazine groups is 1. The summed E-state index contributed by atoms with van der Waals surface area (Å²) in [5, 5.41) is 13.0. The van der Waals surface area contributed by atoms with Crippen LogP contribution in [0.1, 0.15) is 6.92 Å². The smallest absolute Gasteiger partial charge is 0.0684 e. The molecular weight excluding hydrogens is 180 g/mol. The van der Waals surface area contributed by atoms with E-state index in [1.807, 2.05) is 12.1 Å². The Morgan fingerprint density at radius 1 is 1.29 bits per heavy atom. The molecule has 0 saturated carbocycles. The zero-order chi connectivity index (χ0) is 10.6. The van der Waals surface area contributed by atoms with Gasteiger partial charge < -0.3 is 5.32 Å². The molecule has 6 heteroatoms. The summed E-state index contributed by atoms with van der Waals surface area (Å²) in [7, 11) is 3.68. The van der Waals surface area contributed by atoms with Gasteiger partial charge in [-0.15, -0.1) is 0 Å². The van der Waals surface area contributed by atoms with Crippen molar-refractivity contribution >= 4 is 12.4 Å². The van der Waals surface area contributed by atoms with E-state index in [2.05, 4.69) is 33.4 Å². The maximum atomic E-state index is 4.20. The summed E-state index contributed by atoms with van der Waals surface area (Å²) in [4.78, 5) is 0. The minimum Gasteiger partial charge on any atom is -0.318 e. The molecule has 0 aliphatic heterocycles. The molecule has 0 rings (SSSR count). The standard InChI is InChI=1S/C8H20N6/c1-4-14(8-7-9-2)12-6-5-11-13-10-3/h5-6,9-10,13H,4,7-8H2,1-3H3/b11-5+,12-6+. The van der Waals surface area contributed by atoms with Crippen LogP contribution in [0.4, 0.5) is 0 Å². The van der Waals surface area contributed by atoms with Gasteiger partial charge in [-0.3, -0.25) is 5.01 Å². The van der Waals surface area contributed by atoms with E-state index in [-0.39, 0.29) is 0 Å². The van der Waals surface area contributed by atoms with E-state index in [9.17, 15) is 0 Å². The molecule has 82 valence electrons. The van der Waals surface area contributed by atoms with Gasteiger partial charge in [-0.2, -0.15) is 10.2 Å². The molecule has 0 unspecified atom stereocenters. The lowest BCUT2D eigenvalue weighted by Crippen LogP contribution is -2.26. The van der Waals surface area contributed by atoms with Crippen molar-refractivity contribution in [3.05, 3.63) is 0 Å². The fraction of sp³-hybridized carbons (Fsp3) is 0.750. The van der Waals surface area contributed by atoms with Crippen molar-refractivity contribution in [3.8, 4) is 0 Å². The van der Waals surface area contributed by atoms with E-state index in [1.165, 1.54) is 0 Å². The highest BCUT2D eigenvalue weighted by molar-refractivity contribution is 6.15. The topological polar surface area (TPSA) is 64.0 Å². The lowest BCUT2D eigenvalue weighted by molar-refractivity contribution is 0.308. The Balaban J connectivity index is 3.67. The van der Waals surface area contributed by atoms with Gasteiger partial charge in [0.25, 0.3) is 0 Å². The molecule has 0 bridgehead atoms. The zero-order valence-corrected chi connectivity index (χ0v) is 9.12. The summed E-state index contributed by atoms with van der Waals surface area (Å²) in [5.74, 6) is 0. The van der Waals surface area contributed by atoms with Crippen molar-refractivity contribution < 1.29 is 0 Å². The van der Waals surface area contributed by atoms with Gasteiger partial charge in [0.2, 0.25) is 0 Å². The number of nitrogens with one attached hydrogen (secondary N) is 3. The molecule has 0 spiro atoms. The lowest BCUT2D eigenvalue weighted by Gasteiger charge is -2.15. The van der Waals surface area contributed by atoms with Gasteiger partial charge >= 0.3 is 0 Å². The first-order valence-electron chi connectivity index (χ1n) is 4.72. The van der Waals surface area contributed by atoms with Crippen LogP contribution in [0, 0.1) is 0 Å². The summed E-state index contributed by atoms with van der Waals surface area (Å²) in [6.07, 6.45) is 3.25. The Kier molecular flexibility index (Phi) is 9.13. The Bertz CT molecular complexity index is 167. The highest BCUT2D eigenvalue weighted by Crippen LogP contribution is 1.84. The van der Waals surface area contributed by atoms with Crippen LogP contribution in [-0.2, 0) is 0 Å². The van der Waals surface area contributed by atoms with Gasteiger partial charge in [0.15, 0.2) is 0 Å². The molecule has 0 aromatic heterocycles. The van der Waals surface area contributed by atoms with E-state index in [1.54, 1.807) is 19.5 Å². The quantitative estimate of drug-likeness (QED) is 0.355. The molecule has 0 aromatic rings. The zero-order valence-electron chi connectivity index (χ0n) is 9.12. The molecule has 0 fully saturated rings. The molecule has 0 saturated heterocycles. The maximum Gasteiger partial charge on any atom is 0.0684 e. The summed E-state index contributed by atoms with van der Waals surface area (Å²) < 4.78 is 0. The van der Waals surface area contributed by atoms with Crippen molar-refractivity contribution in [3.63, 3.8) is 0 Å². The first-order chi connectivity index (χ1) is 6.85. The molecule has 0 aliphatic carbocycles. The average Bonchev–Trinajstić information content (AvgIpc) is 2.22. The molecular formula is C8H20N6. The third kappa shape index (κ3) is 7.51. The third-order valence-electron chi connectivity index (χ3n) is 1.53. The molecule has 0 atom stereocenters. The fourth-order valence-corrected chi connectivity index (χ4v) is 0.798. The molecule has 3 N–H and O–H groups in total. The van der Waals surface area contributed by atoms with Crippen molar-refractivity contribution in [1.82, 2.24) is 21.3 Å². The minimum atomic E-state index is 0.894. The maximum absolute atomic E-state index is 4.20. The molecule has 0 amide bonds. The highest BCUT2D eigenvalue weighted by atomic mass is 15.5. The van der Waals surface area contributed by atoms with Crippen LogP contribution < -0.4 is 16.3 Å². The van der Waals surface area contributed by atoms with E-state index >= 15 is 0 Å². The number of likely N-dealkylation sites (N-methyl/N-ethyl adjacent to an activating group) is 2. The molecule has 14 heavy (non-hydrogen) atoms. The second kappa shape index (κ2) is 9.94. The van der Waals surface area contributed by atoms with Crippen LogP contribution in [0.25, 0.3) is 0 Å². The van der Waals surface area contributed by atoms with Gasteiger partial charge in [0.05, 0.1) is 12.4 Å². The van der Waals surface area contributed by atoms with E-state index in [0.29, 0.717) is 0 Å². The molecule has 6 nitrogen and oxygen atoms in total. The largest absolute Gasteiger partial charge is 0.318 e. The Labute approximate surface area is 85.4 Å². The van der Waals surface area contributed by atoms with Gasteiger partial charge in [0.1, 0.15) is 0 Å². The second-order valence-corrected chi connectivity index (χ2v) is 2.55. The highest BCUT2D eigenvalue weighted by Gasteiger charge is 1.93. The SMILES string of the molecule is CCN(CCNC)/N=C/C=N/NNC.